The Kier molecular flexibility index (Phi) is 7.27. The predicted molar refractivity (Wildman–Crippen MR) is 107 cm³/mol. The van der Waals surface area contributed by atoms with Gasteiger partial charge in [-0.2, -0.15) is 0 Å². The molecule has 2 amide bonds. The quantitative estimate of drug-likeness (QED) is 0.714. The normalized spacial score (nSPS) is 21.6. The van der Waals surface area contributed by atoms with E-state index in [1.165, 1.54) is 31.5 Å². The number of rotatable bonds is 8. The van der Waals surface area contributed by atoms with Crippen molar-refractivity contribution in [2.24, 2.45) is 5.92 Å². The zero-order chi connectivity index (χ0) is 19.1. The van der Waals surface area contributed by atoms with Crippen molar-refractivity contribution in [1.82, 2.24) is 15.1 Å². The SMILES string of the molecule is CC1CCN(CCCNC(=O)C2CCC(=O)N2CCc2ccccc2)CC1. The van der Waals surface area contributed by atoms with Crippen LogP contribution >= 0.6 is 0 Å². The molecule has 1 N–H and O–H groups in total. The van der Waals surface area contributed by atoms with Crippen LogP contribution in [0.15, 0.2) is 30.3 Å². The number of piperidine rings is 1. The lowest BCUT2D eigenvalue weighted by atomic mass is 9.99. The molecule has 2 aliphatic heterocycles. The average molecular weight is 372 g/mol. The Morgan fingerprint density at radius 2 is 1.85 bits per heavy atom. The predicted octanol–water partition coefficient (Wildman–Crippen LogP) is 2.46. The topological polar surface area (TPSA) is 52.7 Å². The average Bonchev–Trinajstić information content (AvgIpc) is 3.06. The summed E-state index contributed by atoms with van der Waals surface area (Å²) in [6, 6.07) is 9.85. The Morgan fingerprint density at radius 1 is 1.11 bits per heavy atom. The van der Waals surface area contributed by atoms with Crippen LogP contribution in [-0.2, 0) is 16.0 Å². The minimum absolute atomic E-state index is 0.0150. The number of likely N-dealkylation sites (tertiary alicyclic amines) is 2. The highest BCUT2D eigenvalue weighted by molar-refractivity contribution is 5.90. The number of nitrogens with one attached hydrogen (secondary N) is 1. The molecule has 0 spiro atoms. The molecule has 0 aliphatic carbocycles. The Morgan fingerprint density at radius 3 is 2.59 bits per heavy atom. The summed E-state index contributed by atoms with van der Waals surface area (Å²) in [5, 5.41) is 3.06. The van der Waals surface area contributed by atoms with E-state index in [-0.39, 0.29) is 17.9 Å². The van der Waals surface area contributed by atoms with E-state index in [1.807, 2.05) is 18.2 Å². The molecule has 0 radical (unpaired) electrons. The van der Waals surface area contributed by atoms with Crippen molar-refractivity contribution in [2.75, 3.05) is 32.7 Å². The number of hydrogen-bond acceptors (Lipinski definition) is 3. The maximum Gasteiger partial charge on any atom is 0.242 e. The van der Waals surface area contributed by atoms with Crippen LogP contribution in [0.25, 0.3) is 0 Å². The van der Waals surface area contributed by atoms with Gasteiger partial charge in [-0.05, 0) is 63.2 Å². The Balaban J connectivity index is 1.39. The van der Waals surface area contributed by atoms with Crippen LogP contribution in [0.5, 0.6) is 0 Å². The van der Waals surface area contributed by atoms with Gasteiger partial charge >= 0.3 is 0 Å². The van der Waals surface area contributed by atoms with Crippen LogP contribution in [0.1, 0.15) is 44.6 Å². The van der Waals surface area contributed by atoms with E-state index in [0.717, 1.165) is 25.3 Å². The minimum atomic E-state index is -0.294. The molecule has 27 heavy (non-hydrogen) atoms. The van der Waals surface area contributed by atoms with E-state index in [4.69, 9.17) is 0 Å². The molecular weight excluding hydrogens is 338 g/mol. The van der Waals surface area contributed by atoms with Gasteiger partial charge in [0.05, 0.1) is 0 Å². The monoisotopic (exact) mass is 371 g/mol. The third-order valence-corrected chi connectivity index (χ3v) is 5.94. The Labute approximate surface area is 163 Å². The molecule has 2 saturated heterocycles. The Hall–Kier alpha value is -1.88. The molecule has 1 aromatic rings. The summed E-state index contributed by atoms with van der Waals surface area (Å²) >= 11 is 0. The van der Waals surface area contributed by atoms with Crippen molar-refractivity contribution in [3.63, 3.8) is 0 Å². The summed E-state index contributed by atoms with van der Waals surface area (Å²) in [4.78, 5) is 29.1. The van der Waals surface area contributed by atoms with Crippen LogP contribution in [0.2, 0.25) is 0 Å². The lowest BCUT2D eigenvalue weighted by Crippen LogP contribution is -2.46. The van der Waals surface area contributed by atoms with E-state index >= 15 is 0 Å². The zero-order valence-electron chi connectivity index (χ0n) is 16.5. The first kappa shape index (κ1) is 19.9. The first-order valence-corrected chi connectivity index (χ1v) is 10.5. The molecule has 3 rings (SSSR count). The van der Waals surface area contributed by atoms with Crippen molar-refractivity contribution >= 4 is 11.8 Å². The van der Waals surface area contributed by atoms with Crippen LogP contribution in [-0.4, -0.2) is 60.4 Å². The number of amides is 2. The van der Waals surface area contributed by atoms with Gasteiger partial charge in [0.1, 0.15) is 6.04 Å². The third-order valence-electron chi connectivity index (χ3n) is 5.94. The fraction of sp³-hybridized carbons (Fsp3) is 0.636. The van der Waals surface area contributed by atoms with Crippen molar-refractivity contribution in [2.45, 2.75) is 51.5 Å². The van der Waals surface area contributed by atoms with Crippen LogP contribution in [0, 0.1) is 5.92 Å². The number of carbonyl (C=O) groups is 2. The molecule has 1 unspecified atom stereocenters. The van der Waals surface area contributed by atoms with Crippen molar-refractivity contribution in [1.29, 1.82) is 0 Å². The van der Waals surface area contributed by atoms with Gasteiger partial charge in [0.25, 0.3) is 0 Å². The van der Waals surface area contributed by atoms with Crippen molar-refractivity contribution in [3.8, 4) is 0 Å². The summed E-state index contributed by atoms with van der Waals surface area (Å²) in [5.41, 5.74) is 1.20. The van der Waals surface area contributed by atoms with Gasteiger partial charge in [-0.25, -0.2) is 0 Å². The number of hydrogen-bond donors (Lipinski definition) is 1. The highest BCUT2D eigenvalue weighted by atomic mass is 16.2. The van der Waals surface area contributed by atoms with E-state index < -0.39 is 0 Å². The summed E-state index contributed by atoms with van der Waals surface area (Å²) in [7, 11) is 0. The molecule has 0 aromatic heterocycles. The number of benzene rings is 1. The van der Waals surface area contributed by atoms with Gasteiger partial charge in [-0.3, -0.25) is 9.59 Å². The van der Waals surface area contributed by atoms with E-state index in [9.17, 15) is 9.59 Å². The molecule has 2 aliphatic rings. The fourth-order valence-corrected chi connectivity index (χ4v) is 4.10. The second kappa shape index (κ2) is 9.88. The zero-order valence-corrected chi connectivity index (χ0v) is 16.5. The molecule has 0 saturated carbocycles. The van der Waals surface area contributed by atoms with Gasteiger partial charge in [0, 0.05) is 19.5 Å². The maximum absolute atomic E-state index is 12.6. The molecular formula is C22H33N3O2. The van der Waals surface area contributed by atoms with E-state index in [0.29, 0.717) is 25.9 Å². The summed E-state index contributed by atoms with van der Waals surface area (Å²) in [6.45, 7) is 7.05. The van der Waals surface area contributed by atoms with Crippen LogP contribution in [0.3, 0.4) is 0 Å². The molecule has 5 nitrogen and oxygen atoms in total. The third kappa shape index (κ3) is 5.80. The number of carbonyl (C=O) groups excluding carboxylic acids is 2. The number of nitrogens with zero attached hydrogens (tertiary/aromatic N) is 2. The van der Waals surface area contributed by atoms with Gasteiger partial charge in [0.2, 0.25) is 11.8 Å². The van der Waals surface area contributed by atoms with Crippen molar-refractivity contribution < 1.29 is 9.59 Å². The summed E-state index contributed by atoms with van der Waals surface area (Å²) < 4.78 is 0. The maximum atomic E-state index is 12.6. The molecule has 5 heteroatoms. The molecule has 148 valence electrons. The fourth-order valence-electron chi connectivity index (χ4n) is 4.10. The molecule has 2 fully saturated rings. The van der Waals surface area contributed by atoms with E-state index in [1.54, 1.807) is 4.90 Å². The smallest absolute Gasteiger partial charge is 0.242 e. The molecule has 0 bridgehead atoms. The van der Waals surface area contributed by atoms with Gasteiger partial charge < -0.3 is 15.1 Å². The second-order valence-corrected chi connectivity index (χ2v) is 8.05. The Bertz CT molecular complexity index is 611. The van der Waals surface area contributed by atoms with Gasteiger partial charge in [-0.1, -0.05) is 37.3 Å². The minimum Gasteiger partial charge on any atom is -0.354 e. The molecule has 1 atom stereocenters. The lowest BCUT2D eigenvalue weighted by Gasteiger charge is -2.30. The largest absolute Gasteiger partial charge is 0.354 e. The highest BCUT2D eigenvalue weighted by Gasteiger charge is 2.35. The lowest BCUT2D eigenvalue weighted by molar-refractivity contribution is -0.135. The van der Waals surface area contributed by atoms with Gasteiger partial charge in [0.15, 0.2) is 0 Å². The highest BCUT2D eigenvalue weighted by Crippen LogP contribution is 2.20. The van der Waals surface area contributed by atoms with E-state index in [2.05, 4.69) is 29.3 Å². The van der Waals surface area contributed by atoms with Crippen LogP contribution < -0.4 is 5.32 Å². The summed E-state index contributed by atoms with van der Waals surface area (Å²) in [6.07, 6.45) is 5.47. The molecule has 2 heterocycles. The molecule has 1 aromatic carbocycles. The van der Waals surface area contributed by atoms with Crippen LogP contribution in [0.4, 0.5) is 0 Å². The van der Waals surface area contributed by atoms with Crippen molar-refractivity contribution in [3.05, 3.63) is 35.9 Å². The summed E-state index contributed by atoms with van der Waals surface area (Å²) in [5.74, 6) is 0.970. The second-order valence-electron chi connectivity index (χ2n) is 8.05. The first-order chi connectivity index (χ1) is 13.1. The van der Waals surface area contributed by atoms with Gasteiger partial charge in [-0.15, -0.1) is 0 Å². The standard InChI is InChI=1S/C22H33N3O2/c1-18-10-15-24(16-11-18)14-5-13-23-22(27)20-8-9-21(26)25(20)17-12-19-6-3-2-4-7-19/h2-4,6-7,18,20H,5,8-17H2,1H3,(H,23,27). The first-order valence-electron chi connectivity index (χ1n) is 10.5.